The van der Waals surface area contributed by atoms with Crippen molar-refractivity contribution in [2.24, 2.45) is 0 Å². The summed E-state index contributed by atoms with van der Waals surface area (Å²) in [6, 6.07) is 10.8. The second-order valence-corrected chi connectivity index (χ2v) is 6.03. The Hall–Kier alpha value is -2.01. The van der Waals surface area contributed by atoms with Gasteiger partial charge in [-0.1, -0.05) is 18.2 Å². The molecule has 1 heterocycles. The van der Waals surface area contributed by atoms with E-state index < -0.39 is 10.8 Å². The van der Waals surface area contributed by atoms with Crippen LogP contribution in [0.2, 0.25) is 0 Å². The van der Waals surface area contributed by atoms with Crippen molar-refractivity contribution in [2.75, 3.05) is 11.6 Å². The van der Waals surface area contributed by atoms with Crippen LogP contribution in [0.3, 0.4) is 0 Å². The fourth-order valence-corrected chi connectivity index (χ4v) is 2.42. The van der Waals surface area contributed by atoms with Crippen LogP contribution in [0.1, 0.15) is 21.5 Å². The fraction of sp³-hybridized carbons (Fsp3) is 0.200. The molecule has 0 bridgehead atoms. The van der Waals surface area contributed by atoms with Gasteiger partial charge in [0.2, 0.25) is 0 Å². The van der Waals surface area contributed by atoms with E-state index in [0.29, 0.717) is 17.1 Å². The first kappa shape index (κ1) is 14.4. The SMILES string of the molecule is Cc1ccc(NC(=O)c2cccc(CS(C)=O)c2)nc1. The Labute approximate surface area is 120 Å². The Morgan fingerprint density at radius 2 is 2.10 bits per heavy atom. The molecule has 0 saturated carbocycles. The number of benzene rings is 1. The van der Waals surface area contributed by atoms with E-state index in [0.717, 1.165) is 11.1 Å². The molecule has 0 aliphatic carbocycles. The van der Waals surface area contributed by atoms with Gasteiger partial charge in [0.1, 0.15) is 5.82 Å². The summed E-state index contributed by atoms with van der Waals surface area (Å²) >= 11 is 0. The highest BCUT2D eigenvalue weighted by atomic mass is 32.2. The van der Waals surface area contributed by atoms with E-state index >= 15 is 0 Å². The first-order valence-electron chi connectivity index (χ1n) is 6.17. The van der Waals surface area contributed by atoms with Crippen molar-refractivity contribution >= 4 is 22.5 Å². The van der Waals surface area contributed by atoms with E-state index in [1.807, 2.05) is 19.1 Å². The third-order valence-electron chi connectivity index (χ3n) is 2.71. The van der Waals surface area contributed by atoms with E-state index in [1.54, 1.807) is 36.7 Å². The number of rotatable bonds is 4. The van der Waals surface area contributed by atoms with Crippen LogP contribution in [-0.4, -0.2) is 21.4 Å². The molecule has 1 unspecified atom stereocenters. The van der Waals surface area contributed by atoms with Gasteiger partial charge < -0.3 is 5.32 Å². The molecule has 4 nitrogen and oxygen atoms in total. The highest BCUT2D eigenvalue weighted by molar-refractivity contribution is 7.83. The minimum Gasteiger partial charge on any atom is -0.307 e. The predicted octanol–water partition coefficient (Wildman–Crippen LogP) is 2.52. The molecule has 1 amide bonds. The van der Waals surface area contributed by atoms with Gasteiger partial charge in [0.05, 0.1) is 0 Å². The van der Waals surface area contributed by atoms with Gasteiger partial charge in [-0.3, -0.25) is 9.00 Å². The summed E-state index contributed by atoms with van der Waals surface area (Å²) < 4.78 is 11.2. The monoisotopic (exact) mass is 288 g/mol. The molecular formula is C15H16N2O2S. The number of amides is 1. The van der Waals surface area contributed by atoms with Crippen LogP contribution in [0.25, 0.3) is 0 Å². The molecule has 20 heavy (non-hydrogen) atoms. The first-order chi connectivity index (χ1) is 9.54. The maximum absolute atomic E-state index is 12.1. The quantitative estimate of drug-likeness (QED) is 0.940. The minimum absolute atomic E-state index is 0.218. The average Bonchev–Trinajstić information content (AvgIpc) is 2.41. The number of nitrogens with one attached hydrogen (secondary N) is 1. The summed E-state index contributed by atoms with van der Waals surface area (Å²) in [5.41, 5.74) is 2.46. The minimum atomic E-state index is -0.923. The topological polar surface area (TPSA) is 59.1 Å². The molecule has 1 aromatic carbocycles. The second kappa shape index (κ2) is 6.43. The van der Waals surface area contributed by atoms with E-state index in [4.69, 9.17) is 0 Å². The molecule has 2 rings (SSSR count). The van der Waals surface area contributed by atoms with Gasteiger partial charge in [0, 0.05) is 34.6 Å². The summed E-state index contributed by atoms with van der Waals surface area (Å²) in [5.74, 6) is 0.749. The van der Waals surface area contributed by atoms with Crippen LogP contribution in [0.5, 0.6) is 0 Å². The van der Waals surface area contributed by atoms with Crippen molar-refractivity contribution in [3.8, 4) is 0 Å². The molecule has 0 aliphatic heterocycles. The molecule has 0 spiro atoms. The second-order valence-electron chi connectivity index (χ2n) is 4.59. The van der Waals surface area contributed by atoms with Crippen LogP contribution < -0.4 is 5.32 Å². The van der Waals surface area contributed by atoms with Gasteiger partial charge in [-0.25, -0.2) is 4.98 Å². The summed E-state index contributed by atoms with van der Waals surface area (Å²) in [4.78, 5) is 16.2. The van der Waals surface area contributed by atoms with E-state index in [2.05, 4.69) is 10.3 Å². The lowest BCUT2D eigenvalue weighted by Crippen LogP contribution is -2.13. The normalized spacial score (nSPS) is 11.9. The molecular weight excluding hydrogens is 272 g/mol. The third-order valence-corrected chi connectivity index (χ3v) is 3.45. The van der Waals surface area contributed by atoms with E-state index in [-0.39, 0.29) is 5.91 Å². The molecule has 2 aromatic rings. The van der Waals surface area contributed by atoms with Crippen molar-refractivity contribution in [2.45, 2.75) is 12.7 Å². The first-order valence-corrected chi connectivity index (χ1v) is 7.90. The van der Waals surface area contributed by atoms with Crippen molar-refractivity contribution in [3.63, 3.8) is 0 Å². The van der Waals surface area contributed by atoms with Gasteiger partial charge >= 0.3 is 0 Å². The number of anilines is 1. The zero-order chi connectivity index (χ0) is 14.5. The number of carbonyl (C=O) groups excluding carboxylic acids is 1. The summed E-state index contributed by atoms with van der Waals surface area (Å²) in [6.07, 6.45) is 3.34. The predicted molar refractivity (Wildman–Crippen MR) is 81.1 cm³/mol. The smallest absolute Gasteiger partial charge is 0.256 e. The lowest BCUT2D eigenvalue weighted by molar-refractivity contribution is 0.102. The third kappa shape index (κ3) is 3.99. The van der Waals surface area contributed by atoms with E-state index in [9.17, 15) is 9.00 Å². The molecule has 0 saturated heterocycles. The number of aromatic nitrogens is 1. The number of aryl methyl sites for hydroxylation is 1. The number of hydrogen-bond acceptors (Lipinski definition) is 3. The molecule has 104 valence electrons. The lowest BCUT2D eigenvalue weighted by Gasteiger charge is -2.06. The Balaban J connectivity index is 2.12. The lowest BCUT2D eigenvalue weighted by atomic mass is 10.1. The van der Waals surface area contributed by atoms with Crippen molar-refractivity contribution in [1.82, 2.24) is 4.98 Å². The average molecular weight is 288 g/mol. The van der Waals surface area contributed by atoms with Gasteiger partial charge in [-0.05, 0) is 36.2 Å². The van der Waals surface area contributed by atoms with Gasteiger partial charge in [0.15, 0.2) is 0 Å². The number of pyridine rings is 1. The molecule has 1 atom stereocenters. The van der Waals surface area contributed by atoms with Crippen molar-refractivity contribution < 1.29 is 9.00 Å². The maximum atomic E-state index is 12.1. The molecule has 0 aliphatic rings. The molecule has 1 aromatic heterocycles. The fourth-order valence-electron chi connectivity index (χ4n) is 1.77. The Morgan fingerprint density at radius 1 is 1.30 bits per heavy atom. The molecule has 1 N–H and O–H groups in total. The molecule has 5 heteroatoms. The Bertz CT molecular complexity index is 639. The summed E-state index contributed by atoms with van der Waals surface area (Å²) in [6.45, 7) is 1.94. The zero-order valence-corrected chi connectivity index (χ0v) is 12.2. The number of carbonyl (C=O) groups is 1. The summed E-state index contributed by atoms with van der Waals surface area (Å²) in [7, 11) is -0.923. The van der Waals surface area contributed by atoms with Crippen LogP contribution in [-0.2, 0) is 16.6 Å². The highest BCUT2D eigenvalue weighted by Gasteiger charge is 2.08. The highest BCUT2D eigenvalue weighted by Crippen LogP contribution is 2.10. The van der Waals surface area contributed by atoms with Crippen LogP contribution in [0.4, 0.5) is 5.82 Å². The Kier molecular flexibility index (Phi) is 4.63. The Morgan fingerprint density at radius 3 is 2.75 bits per heavy atom. The maximum Gasteiger partial charge on any atom is 0.256 e. The molecule has 0 radical (unpaired) electrons. The zero-order valence-electron chi connectivity index (χ0n) is 11.4. The number of hydrogen-bond donors (Lipinski definition) is 1. The molecule has 0 fully saturated rings. The van der Waals surface area contributed by atoms with Gasteiger partial charge in [-0.15, -0.1) is 0 Å². The summed E-state index contributed by atoms with van der Waals surface area (Å²) in [5, 5.41) is 2.74. The van der Waals surface area contributed by atoms with Crippen molar-refractivity contribution in [3.05, 3.63) is 59.3 Å². The number of nitrogens with zero attached hydrogens (tertiary/aromatic N) is 1. The van der Waals surface area contributed by atoms with E-state index in [1.165, 1.54) is 0 Å². The van der Waals surface area contributed by atoms with Gasteiger partial charge in [0.25, 0.3) is 5.91 Å². The van der Waals surface area contributed by atoms with Crippen LogP contribution in [0.15, 0.2) is 42.6 Å². The standard InChI is InChI=1S/C15H16N2O2S/c1-11-6-7-14(16-9-11)17-15(18)13-5-3-4-12(8-13)10-20(2)19/h3-9H,10H2,1-2H3,(H,16,17,18). The van der Waals surface area contributed by atoms with Crippen molar-refractivity contribution in [1.29, 1.82) is 0 Å². The largest absolute Gasteiger partial charge is 0.307 e. The van der Waals surface area contributed by atoms with Crippen LogP contribution >= 0.6 is 0 Å². The van der Waals surface area contributed by atoms with Gasteiger partial charge in [-0.2, -0.15) is 0 Å². The van der Waals surface area contributed by atoms with Crippen LogP contribution in [0, 0.1) is 6.92 Å².